The van der Waals surface area contributed by atoms with Gasteiger partial charge in [0.25, 0.3) is 0 Å². The van der Waals surface area contributed by atoms with Crippen LogP contribution in [0.25, 0.3) is 0 Å². The predicted octanol–water partition coefficient (Wildman–Crippen LogP) is 3.01. The van der Waals surface area contributed by atoms with Crippen molar-refractivity contribution in [2.24, 2.45) is 0 Å². The van der Waals surface area contributed by atoms with Crippen molar-refractivity contribution in [2.75, 3.05) is 29.6 Å². The summed E-state index contributed by atoms with van der Waals surface area (Å²) < 4.78 is 27.7. The van der Waals surface area contributed by atoms with Crippen LogP contribution in [0, 0.1) is 0 Å². The summed E-state index contributed by atoms with van der Waals surface area (Å²) in [5, 5.41) is 2.77. The van der Waals surface area contributed by atoms with Crippen molar-refractivity contribution >= 4 is 45.0 Å². The first-order chi connectivity index (χ1) is 14.3. The summed E-state index contributed by atoms with van der Waals surface area (Å²) in [6.45, 7) is 2.36. The van der Waals surface area contributed by atoms with Crippen molar-refractivity contribution in [2.45, 2.75) is 36.0 Å². The first kappa shape index (κ1) is 22.3. The molecule has 0 unspecified atom stereocenters. The van der Waals surface area contributed by atoms with Crippen molar-refractivity contribution in [3.05, 3.63) is 48.0 Å². The van der Waals surface area contributed by atoms with Crippen LogP contribution in [0.1, 0.15) is 25.3 Å². The van der Waals surface area contributed by atoms with Gasteiger partial charge >= 0.3 is 0 Å². The minimum atomic E-state index is -3.74. The molecule has 0 aromatic heterocycles. The van der Waals surface area contributed by atoms with Crippen LogP contribution >= 0.6 is 11.8 Å². The number of carbonyl (C=O) groups is 2. The van der Waals surface area contributed by atoms with Crippen LogP contribution in [0.15, 0.2) is 52.3 Å². The molecule has 0 saturated heterocycles. The summed E-state index contributed by atoms with van der Waals surface area (Å²) in [6, 6.07) is 12.2. The third kappa shape index (κ3) is 5.21. The van der Waals surface area contributed by atoms with E-state index in [2.05, 4.69) is 10.0 Å². The van der Waals surface area contributed by atoms with Gasteiger partial charge in [-0.1, -0.05) is 13.0 Å². The number of nitrogens with zero attached hydrogens (tertiary/aromatic N) is 1. The lowest BCUT2D eigenvalue weighted by atomic mass is 10.2. The average Bonchev–Trinajstić information content (AvgIpc) is 3.16. The van der Waals surface area contributed by atoms with Gasteiger partial charge in [-0.05, 0) is 54.6 Å². The molecule has 1 aliphatic rings. The van der Waals surface area contributed by atoms with Crippen molar-refractivity contribution in [3.8, 4) is 0 Å². The summed E-state index contributed by atoms with van der Waals surface area (Å²) in [5.74, 6) is -0.241. The van der Waals surface area contributed by atoms with Gasteiger partial charge in [-0.3, -0.25) is 9.59 Å². The molecule has 7 nitrogen and oxygen atoms in total. The van der Waals surface area contributed by atoms with E-state index in [0.29, 0.717) is 25.1 Å². The van der Waals surface area contributed by atoms with Crippen LogP contribution < -0.4 is 14.9 Å². The van der Waals surface area contributed by atoms with Crippen LogP contribution in [0.5, 0.6) is 0 Å². The average molecular weight is 448 g/mol. The van der Waals surface area contributed by atoms with E-state index in [0.717, 1.165) is 16.1 Å². The molecule has 0 fully saturated rings. The quantitative estimate of drug-likeness (QED) is 0.607. The van der Waals surface area contributed by atoms with E-state index in [1.807, 2.05) is 24.5 Å². The second-order valence-electron chi connectivity index (χ2n) is 6.87. The van der Waals surface area contributed by atoms with E-state index < -0.39 is 10.0 Å². The van der Waals surface area contributed by atoms with Gasteiger partial charge in [0.1, 0.15) is 0 Å². The molecule has 0 spiro atoms. The molecule has 0 saturated carbocycles. The number of anilines is 2. The number of hydrogen-bond acceptors (Lipinski definition) is 5. The SMILES string of the molecule is CCC(=O)N1CCc2cc(S(=O)(=O)NCCC(=O)Nc3cccc(SC)c3)ccc21. The number of nitrogens with one attached hydrogen (secondary N) is 2. The minimum Gasteiger partial charge on any atom is -0.326 e. The Kier molecular flexibility index (Phi) is 7.17. The van der Waals surface area contributed by atoms with Gasteiger partial charge in [0, 0.05) is 42.2 Å². The molecular weight excluding hydrogens is 422 g/mol. The number of rotatable bonds is 8. The number of carbonyl (C=O) groups excluding carboxylic acids is 2. The summed E-state index contributed by atoms with van der Waals surface area (Å²) in [6.07, 6.45) is 3.01. The Morgan fingerprint density at radius 3 is 2.70 bits per heavy atom. The predicted molar refractivity (Wildman–Crippen MR) is 119 cm³/mol. The van der Waals surface area contributed by atoms with Gasteiger partial charge in [0.2, 0.25) is 21.8 Å². The van der Waals surface area contributed by atoms with Gasteiger partial charge in [0.05, 0.1) is 4.90 Å². The van der Waals surface area contributed by atoms with E-state index in [9.17, 15) is 18.0 Å². The zero-order valence-corrected chi connectivity index (χ0v) is 18.6. The van der Waals surface area contributed by atoms with Gasteiger partial charge in [0.15, 0.2) is 0 Å². The number of amides is 2. The Bertz CT molecular complexity index is 1050. The van der Waals surface area contributed by atoms with E-state index in [-0.39, 0.29) is 29.7 Å². The Morgan fingerprint density at radius 2 is 1.97 bits per heavy atom. The molecule has 2 aromatic rings. The molecule has 0 atom stereocenters. The van der Waals surface area contributed by atoms with Crippen molar-refractivity contribution in [3.63, 3.8) is 0 Å². The Balaban J connectivity index is 1.58. The van der Waals surface area contributed by atoms with Gasteiger partial charge in [-0.2, -0.15) is 0 Å². The highest BCUT2D eigenvalue weighted by Gasteiger charge is 2.25. The fourth-order valence-electron chi connectivity index (χ4n) is 3.30. The number of sulfonamides is 1. The number of benzene rings is 2. The van der Waals surface area contributed by atoms with Crippen molar-refractivity contribution in [1.82, 2.24) is 4.72 Å². The maximum absolute atomic E-state index is 12.6. The molecule has 9 heteroatoms. The molecule has 2 aromatic carbocycles. The highest BCUT2D eigenvalue weighted by atomic mass is 32.2. The van der Waals surface area contributed by atoms with E-state index in [4.69, 9.17) is 0 Å². The highest BCUT2D eigenvalue weighted by Crippen LogP contribution is 2.30. The third-order valence-corrected chi connectivity index (χ3v) is 7.04. The number of hydrogen-bond donors (Lipinski definition) is 2. The molecule has 0 radical (unpaired) electrons. The minimum absolute atomic E-state index is 0.00604. The van der Waals surface area contributed by atoms with Crippen LogP contribution in [0.4, 0.5) is 11.4 Å². The van der Waals surface area contributed by atoms with Crippen molar-refractivity contribution in [1.29, 1.82) is 0 Å². The van der Waals surface area contributed by atoms with Crippen LogP contribution in [0.3, 0.4) is 0 Å². The maximum atomic E-state index is 12.6. The first-order valence-electron chi connectivity index (χ1n) is 9.71. The van der Waals surface area contributed by atoms with Crippen molar-refractivity contribution < 1.29 is 18.0 Å². The van der Waals surface area contributed by atoms with E-state index in [1.54, 1.807) is 41.8 Å². The van der Waals surface area contributed by atoms with Crippen LogP contribution in [-0.2, 0) is 26.0 Å². The topological polar surface area (TPSA) is 95.6 Å². The molecule has 0 aliphatic carbocycles. The zero-order chi connectivity index (χ0) is 21.7. The van der Waals surface area contributed by atoms with E-state index in [1.165, 1.54) is 6.07 Å². The molecule has 0 bridgehead atoms. The second-order valence-corrected chi connectivity index (χ2v) is 9.51. The first-order valence-corrected chi connectivity index (χ1v) is 12.4. The van der Waals surface area contributed by atoms with E-state index >= 15 is 0 Å². The third-order valence-electron chi connectivity index (χ3n) is 4.86. The smallest absolute Gasteiger partial charge is 0.240 e. The standard InChI is InChI=1S/C21H25N3O4S2/c1-3-21(26)24-12-10-15-13-18(7-8-19(15)24)30(27,28)22-11-9-20(25)23-16-5-4-6-17(14-16)29-2/h4-8,13-14,22H,3,9-12H2,1-2H3,(H,23,25). The summed E-state index contributed by atoms with van der Waals surface area (Å²) in [5.41, 5.74) is 2.29. The number of thioether (sulfide) groups is 1. The Morgan fingerprint density at radius 1 is 1.17 bits per heavy atom. The lowest BCUT2D eigenvalue weighted by Gasteiger charge is -2.16. The fourth-order valence-corrected chi connectivity index (χ4v) is 4.84. The Hall–Kier alpha value is -2.36. The molecule has 3 rings (SSSR count). The fraction of sp³-hybridized carbons (Fsp3) is 0.333. The molecule has 2 N–H and O–H groups in total. The normalized spacial score (nSPS) is 13.2. The van der Waals surface area contributed by atoms with Gasteiger partial charge < -0.3 is 10.2 Å². The summed E-state index contributed by atoms with van der Waals surface area (Å²) >= 11 is 1.58. The Labute approximate surface area is 181 Å². The number of fused-ring (bicyclic) bond motifs is 1. The maximum Gasteiger partial charge on any atom is 0.240 e. The molecule has 30 heavy (non-hydrogen) atoms. The molecule has 160 valence electrons. The highest BCUT2D eigenvalue weighted by molar-refractivity contribution is 7.98. The molecule has 2 amide bonds. The molecular formula is C21H25N3O4S2. The summed E-state index contributed by atoms with van der Waals surface area (Å²) in [4.78, 5) is 27.0. The molecule has 1 aliphatic heterocycles. The zero-order valence-electron chi connectivity index (χ0n) is 17.0. The van der Waals surface area contributed by atoms with Crippen LogP contribution in [0.2, 0.25) is 0 Å². The lowest BCUT2D eigenvalue weighted by Crippen LogP contribution is -2.28. The second kappa shape index (κ2) is 9.63. The summed E-state index contributed by atoms with van der Waals surface area (Å²) in [7, 11) is -3.74. The molecule has 1 heterocycles. The monoisotopic (exact) mass is 447 g/mol. The largest absolute Gasteiger partial charge is 0.326 e. The lowest BCUT2D eigenvalue weighted by molar-refractivity contribution is -0.118. The van der Waals surface area contributed by atoms with Crippen LogP contribution in [-0.4, -0.2) is 39.6 Å². The van der Waals surface area contributed by atoms with Gasteiger partial charge in [-0.25, -0.2) is 13.1 Å². The van der Waals surface area contributed by atoms with Gasteiger partial charge in [-0.15, -0.1) is 11.8 Å².